The quantitative estimate of drug-likeness (QED) is 0.144. The van der Waals surface area contributed by atoms with Gasteiger partial charge in [0.15, 0.2) is 0 Å². The maximum Gasteiger partial charge on any atom is 0.407 e. The van der Waals surface area contributed by atoms with E-state index in [-0.39, 0.29) is 101 Å². The Kier molecular flexibility index (Phi) is 14.7. The molecular weight excluding hydrogens is 843 g/mol. The van der Waals surface area contributed by atoms with E-state index in [2.05, 4.69) is 64.1 Å². The van der Waals surface area contributed by atoms with Crippen LogP contribution in [-0.2, 0) is 14.3 Å². The summed E-state index contributed by atoms with van der Waals surface area (Å²) in [6.07, 6.45) is 8.07. The fraction of sp³-hybridized carbons (Fsp3) is 0.543. The van der Waals surface area contributed by atoms with E-state index in [1.54, 1.807) is 0 Å². The van der Waals surface area contributed by atoms with Gasteiger partial charge in [-0.2, -0.15) is 54.0 Å². The van der Waals surface area contributed by atoms with Crippen molar-refractivity contribution < 1.29 is 19.1 Å². The summed E-state index contributed by atoms with van der Waals surface area (Å²) in [7, 11) is 1.32. The van der Waals surface area contributed by atoms with E-state index in [1.807, 2.05) is 49.9 Å². The van der Waals surface area contributed by atoms with Crippen LogP contribution in [0.5, 0.6) is 0 Å². The molecule has 5 aliphatic rings. The second-order valence-electron chi connectivity index (χ2n) is 18.6. The third kappa shape index (κ3) is 9.63. The third-order valence-corrected chi connectivity index (χ3v) is 13.7. The average molecular weight is 906 g/mol. The fourth-order valence-corrected chi connectivity index (χ4v) is 9.14. The van der Waals surface area contributed by atoms with Crippen LogP contribution in [0.25, 0.3) is 22.3 Å². The summed E-state index contributed by atoms with van der Waals surface area (Å²) in [5, 5.41) is 2.78. The number of aromatic nitrogens is 4. The van der Waals surface area contributed by atoms with Crippen molar-refractivity contribution in [2.75, 3.05) is 20.2 Å². The van der Waals surface area contributed by atoms with E-state index in [9.17, 15) is 14.4 Å². The summed E-state index contributed by atoms with van der Waals surface area (Å²) in [4.78, 5) is 61.3. The maximum absolute atomic E-state index is 14.0. The van der Waals surface area contributed by atoms with E-state index in [0.717, 1.165) is 95.8 Å². The van der Waals surface area contributed by atoms with Gasteiger partial charge in [-0.15, -0.1) is 0 Å². The molecule has 330 valence electrons. The van der Waals surface area contributed by atoms with Gasteiger partial charge in [-0.1, -0.05) is 58.6 Å². The molecule has 5 fully saturated rings. The molecule has 3 aliphatic carbocycles. The molecule has 0 bridgehead atoms. The van der Waals surface area contributed by atoms with Crippen molar-refractivity contribution in [3.8, 4) is 23.1 Å². The van der Waals surface area contributed by atoms with Crippen molar-refractivity contribution in [1.82, 2.24) is 35.1 Å². The summed E-state index contributed by atoms with van der Waals surface area (Å²) >= 11 is 0. The molecule has 2 aromatic carbocycles. The normalized spacial score (nSPS) is 21.1. The van der Waals surface area contributed by atoms with Crippen LogP contribution in [0.3, 0.4) is 0 Å². The van der Waals surface area contributed by atoms with E-state index >= 15 is 0 Å². The van der Waals surface area contributed by atoms with Crippen LogP contribution in [0.2, 0.25) is 0 Å². The van der Waals surface area contributed by atoms with Crippen LogP contribution in [0.1, 0.15) is 132 Å². The smallest absolute Gasteiger partial charge is 0.407 e. The first kappa shape index (κ1) is 48.3. The SMILES string of the molecule is COC(=O)N[C@H](C(=O)N1CC2(CC2)C[C@H]1c1nc(-c2ccc(C#Cc3ccc4nc([C@@H]5CC6(CC6)CN5C(=O)[C@@H](C)C(C)C)[nH]c4c3)cc2)c(C2CC2)[nH]1)C(C)C.S.S.S.S. The van der Waals surface area contributed by atoms with Crippen LogP contribution >= 0.6 is 54.0 Å². The number of hydrogen-bond acceptors (Lipinski definition) is 6. The van der Waals surface area contributed by atoms with Gasteiger partial charge in [0.05, 0.1) is 35.9 Å². The van der Waals surface area contributed by atoms with E-state index in [4.69, 9.17) is 14.7 Å². The van der Waals surface area contributed by atoms with Gasteiger partial charge in [0.1, 0.15) is 17.7 Å². The number of carbonyl (C=O) groups is 3. The zero-order valence-electron chi connectivity index (χ0n) is 36.1. The van der Waals surface area contributed by atoms with Crippen LogP contribution in [-0.4, -0.2) is 73.9 Å². The first-order valence-electron chi connectivity index (χ1n) is 21.0. The maximum atomic E-state index is 14.0. The Morgan fingerprint density at radius 2 is 1.31 bits per heavy atom. The Morgan fingerprint density at radius 1 is 0.754 bits per heavy atom. The molecule has 4 heterocycles. The van der Waals surface area contributed by atoms with E-state index < -0.39 is 12.1 Å². The predicted molar refractivity (Wildman–Crippen MR) is 259 cm³/mol. The zero-order valence-corrected chi connectivity index (χ0v) is 40.1. The van der Waals surface area contributed by atoms with Crippen molar-refractivity contribution in [2.24, 2.45) is 28.6 Å². The van der Waals surface area contributed by atoms with Crippen LogP contribution in [0.15, 0.2) is 42.5 Å². The van der Waals surface area contributed by atoms with E-state index in [1.165, 1.54) is 20.0 Å². The van der Waals surface area contributed by atoms with Gasteiger partial charge in [0.25, 0.3) is 0 Å². The molecule has 2 aliphatic heterocycles. The molecule has 0 radical (unpaired) electrons. The van der Waals surface area contributed by atoms with Crippen LogP contribution in [0.4, 0.5) is 4.79 Å². The number of aromatic amines is 2. The van der Waals surface area contributed by atoms with E-state index in [0.29, 0.717) is 18.4 Å². The Labute approximate surface area is 387 Å². The molecule has 4 atom stereocenters. The van der Waals surface area contributed by atoms with Gasteiger partial charge in [-0.05, 0) is 104 Å². The summed E-state index contributed by atoms with van der Waals surface area (Å²) < 4.78 is 4.85. The highest BCUT2D eigenvalue weighted by Gasteiger charge is 2.56. The Hall–Kier alpha value is -3.71. The molecule has 11 nitrogen and oxygen atoms in total. The number of benzene rings is 2. The lowest BCUT2D eigenvalue weighted by molar-refractivity contribution is -0.137. The standard InChI is InChI=1S/C46H55N7O4.4H2S/c1-26(2)28(5)42(54)52-24-45(17-18-45)22-35(52)40-47-33-16-11-30(21-34(33)48-40)8-7-29-9-12-31(13-10-29)38-39(32-14-15-32)50-41(49-38)36-23-46(19-20-46)25-53(36)43(55)37(27(3)4)51-44(56)57-6;;;;/h9-13,16,21,26-28,32,35-37H,14-15,17-20,22-25H2,1-6H3,(H,47,48)(H,49,50)(H,51,56);4*1H2/t28-,35-,36-,37-;;;;/m0..../s1. The Morgan fingerprint density at radius 3 is 1.85 bits per heavy atom. The predicted octanol–water partition coefficient (Wildman–Crippen LogP) is 8.46. The molecule has 0 unspecified atom stereocenters. The number of fused-ring (bicyclic) bond motifs is 1. The van der Waals surface area contributed by atoms with Crippen molar-refractivity contribution >= 4 is 82.9 Å². The minimum absolute atomic E-state index is 0. The van der Waals surface area contributed by atoms with Gasteiger partial charge in [-0.25, -0.2) is 14.8 Å². The topological polar surface area (TPSA) is 136 Å². The highest BCUT2D eigenvalue weighted by Crippen LogP contribution is 2.60. The van der Waals surface area contributed by atoms with Crippen molar-refractivity contribution in [3.63, 3.8) is 0 Å². The number of imidazole rings is 2. The fourth-order valence-electron chi connectivity index (χ4n) is 9.14. The van der Waals surface area contributed by atoms with Gasteiger partial charge in [0, 0.05) is 47.3 Å². The van der Waals surface area contributed by atoms with Gasteiger partial charge in [-0.3, -0.25) is 9.59 Å². The number of H-pyrrole nitrogens is 2. The lowest BCUT2D eigenvalue weighted by atomic mass is 9.96. The first-order valence-corrected chi connectivity index (χ1v) is 21.0. The molecule has 3 amide bonds. The number of rotatable bonds is 9. The van der Waals surface area contributed by atoms with Crippen molar-refractivity contribution in [3.05, 3.63) is 70.9 Å². The molecule has 2 aromatic heterocycles. The summed E-state index contributed by atoms with van der Waals surface area (Å²) in [6.45, 7) is 11.7. The molecule has 3 saturated carbocycles. The molecule has 61 heavy (non-hydrogen) atoms. The summed E-state index contributed by atoms with van der Waals surface area (Å²) in [5.74, 6) is 9.18. The number of nitrogens with one attached hydrogen (secondary N) is 3. The second-order valence-corrected chi connectivity index (χ2v) is 18.6. The lowest BCUT2D eigenvalue weighted by Crippen LogP contribution is -2.51. The number of carbonyl (C=O) groups excluding carboxylic acids is 3. The second kappa shape index (κ2) is 18.6. The number of methoxy groups -OCH3 is 1. The minimum Gasteiger partial charge on any atom is -0.453 e. The third-order valence-electron chi connectivity index (χ3n) is 13.7. The lowest BCUT2D eigenvalue weighted by Gasteiger charge is -2.30. The number of ether oxygens (including phenoxy) is 1. The number of likely N-dealkylation sites (tertiary alicyclic amines) is 2. The summed E-state index contributed by atoms with van der Waals surface area (Å²) in [6, 6.07) is 13.5. The first-order chi connectivity index (χ1) is 27.3. The number of nitrogens with zero attached hydrogens (tertiary/aromatic N) is 4. The Balaban J connectivity index is 0.00000176. The highest BCUT2D eigenvalue weighted by molar-refractivity contribution is 7.59. The highest BCUT2D eigenvalue weighted by atomic mass is 32.1. The van der Waals surface area contributed by atoms with Gasteiger partial charge >= 0.3 is 6.09 Å². The Bertz CT molecular complexity index is 2300. The number of hydrogen-bond donors (Lipinski definition) is 3. The average Bonchev–Trinajstić information content (AvgIpc) is 4.15. The van der Waals surface area contributed by atoms with Crippen LogP contribution < -0.4 is 5.32 Å². The van der Waals surface area contributed by atoms with Crippen molar-refractivity contribution in [2.45, 2.75) is 110 Å². The number of alkyl carbamates (subject to hydrolysis) is 1. The molecule has 2 spiro atoms. The minimum atomic E-state index is -0.674. The molecule has 15 heteroatoms. The van der Waals surface area contributed by atoms with Crippen molar-refractivity contribution in [1.29, 1.82) is 0 Å². The van der Waals surface area contributed by atoms with Crippen LogP contribution in [0, 0.1) is 40.4 Å². The monoisotopic (exact) mass is 905 g/mol. The zero-order chi connectivity index (χ0) is 39.8. The molecular formula is C46H63N7O4S4. The van der Waals surface area contributed by atoms with Gasteiger partial charge < -0.3 is 29.8 Å². The molecule has 9 rings (SSSR count). The molecule has 4 aromatic rings. The summed E-state index contributed by atoms with van der Waals surface area (Å²) in [5.41, 5.74) is 7.13. The number of amides is 3. The molecule has 2 saturated heterocycles. The largest absolute Gasteiger partial charge is 0.453 e. The molecule has 3 N–H and O–H groups in total. The van der Waals surface area contributed by atoms with Gasteiger partial charge in [0.2, 0.25) is 11.8 Å².